The van der Waals surface area contributed by atoms with E-state index in [0.29, 0.717) is 5.75 Å². The Morgan fingerprint density at radius 1 is 1.50 bits per heavy atom. The van der Waals surface area contributed by atoms with E-state index < -0.39 is 17.8 Å². The fourth-order valence-corrected chi connectivity index (χ4v) is 3.23. The second-order valence-electron chi connectivity index (χ2n) is 5.21. The largest absolute Gasteiger partial charge is 0.479 e. The molecular formula is C15H16FNO4S. The van der Waals surface area contributed by atoms with Gasteiger partial charge in [0.15, 0.2) is 11.2 Å². The summed E-state index contributed by atoms with van der Waals surface area (Å²) in [7, 11) is 0. The molecule has 1 saturated heterocycles. The zero-order valence-electron chi connectivity index (χ0n) is 12.0. The monoisotopic (exact) mass is 325 g/mol. The number of carboxylic acids is 1. The lowest BCUT2D eigenvalue weighted by Crippen LogP contribution is -2.35. The number of aliphatic carboxylic acids is 1. The van der Waals surface area contributed by atoms with Gasteiger partial charge in [-0.05, 0) is 23.6 Å². The topological polar surface area (TPSA) is 74.7 Å². The first-order chi connectivity index (χ1) is 10.4. The lowest BCUT2D eigenvalue weighted by atomic mass is 10.1. The maximum Gasteiger partial charge on any atom is 0.331 e. The number of nitrogens with zero attached hydrogens (tertiary/aromatic N) is 1. The fraction of sp³-hybridized carbons (Fsp3) is 0.400. The highest BCUT2D eigenvalue weighted by Crippen LogP contribution is 2.31. The maximum absolute atomic E-state index is 13.3. The highest BCUT2D eigenvalue weighted by Gasteiger charge is 2.38. The molecule has 7 heteroatoms. The second-order valence-corrected chi connectivity index (χ2v) is 6.41. The molecule has 1 amide bonds. The Labute approximate surface area is 131 Å². The predicted octanol–water partition coefficient (Wildman–Crippen LogP) is 2.08. The van der Waals surface area contributed by atoms with Crippen molar-refractivity contribution in [3.05, 3.63) is 35.6 Å². The third kappa shape index (κ3) is 3.85. The standard InChI is InChI=1S/C15H16FNO4S/c1-9(18)22-8-10-5-13(19)17(7-10)14(15(20)21)11-3-2-4-12(16)6-11/h2-4,6,10,14H,5,7-8H2,1H3,(H,20,21). The molecule has 2 unspecified atom stereocenters. The smallest absolute Gasteiger partial charge is 0.331 e. The number of hydrogen-bond acceptors (Lipinski definition) is 4. The Morgan fingerprint density at radius 3 is 2.82 bits per heavy atom. The molecule has 0 radical (unpaired) electrons. The molecule has 0 spiro atoms. The van der Waals surface area contributed by atoms with Crippen LogP contribution in [0.15, 0.2) is 24.3 Å². The van der Waals surface area contributed by atoms with Gasteiger partial charge in [-0.25, -0.2) is 9.18 Å². The van der Waals surface area contributed by atoms with Crippen LogP contribution in [-0.4, -0.2) is 39.3 Å². The van der Waals surface area contributed by atoms with E-state index in [9.17, 15) is 23.9 Å². The van der Waals surface area contributed by atoms with Crippen LogP contribution in [0.25, 0.3) is 0 Å². The fourth-order valence-electron chi connectivity index (χ4n) is 2.54. The lowest BCUT2D eigenvalue weighted by molar-refractivity contribution is -0.148. The van der Waals surface area contributed by atoms with Gasteiger partial charge in [-0.15, -0.1) is 0 Å². The van der Waals surface area contributed by atoms with Gasteiger partial charge < -0.3 is 10.0 Å². The van der Waals surface area contributed by atoms with Crippen LogP contribution in [-0.2, 0) is 14.4 Å². The van der Waals surface area contributed by atoms with Crippen LogP contribution >= 0.6 is 11.8 Å². The molecule has 118 valence electrons. The molecular weight excluding hydrogens is 309 g/mol. The molecule has 2 atom stereocenters. The summed E-state index contributed by atoms with van der Waals surface area (Å²) in [5, 5.41) is 9.39. The van der Waals surface area contributed by atoms with Gasteiger partial charge >= 0.3 is 5.97 Å². The molecule has 0 bridgehead atoms. The van der Waals surface area contributed by atoms with Gasteiger partial charge in [0, 0.05) is 25.6 Å². The number of carbonyl (C=O) groups excluding carboxylic acids is 2. The van der Waals surface area contributed by atoms with E-state index in [2.05, 4.69) is 0 Å². The number of thioether (sulfide) groups is 1. The van der Waals surface area contributed by atoms with Crippen molar-refractivity contribution >= 4 is 28.8 Å². The summed E-state index contributed by atoms with van der Waals surface area (Å²) < 4.78 is 13.3. The quantitative estimate of drug-likeness (QED) is 0.897. The number of likely N-dealkylation sites (tertiary alicyclic amines) is 1. The van der Waals surface area contributed by atoms with Crippen molar-refractivity contribution in [3.8, 4) is 0 Å². The van der Waals surface area contributed by atoms with Crippen LogP contribution in [0.4, 0.5) is 4.39 Å². The SMILES string of the molecule is CC(=O)SCC1CC(=O)N(C(C(=O)O)c2cccc(F)c2)C1. The van der Waals surface area contributed by atoms with Gasteiger partial charge in [0.2, 0.25) is 5.91 Å². The van der Waals surface area contributed by atoms with Crippen LogP contribution in [0.3, 0.4) is 0 Å². The van der Waals surface area contributed by atoms with E-state index in [1.54, 1.807) is 0 Å². The van der Waals surface area contributed by atoms with Crippen molar-refractivity contribution in [2.45, 2.75) is 19.4 Å². The molecule has 5 nitrogen and oxygen atoms in total. The molecule has 0 aromatic heterocycles. The van der Waals surface area contributed by atoms with Gasteiger partial charge in [-0.1, -0.05) is 23.9 Å². The number of benzene rings is 1. The van der Waals surface area contributed by atoms with E-state index in [1.165, 1.54) is 30.0 Å². The molecule has 1 aromatic carbocycles. The van der Waals surface area contributed by atoms with Crippen molar-refractivity contribution in [2.75, 3.05) is 12.3 Å². The summed E-state index contributed by atoms with van der Waals surface area (Å²) in [6.45, 7) is 1.71. The van der Waals surface area contributed by atoms with Crippen LogP contribution in [0.2, 0.25) is 0 Å². The summed E-state index contributed by atoms with van der Waals surface area (Å²) in [5.74, 6) is -1.62. The molecule has 0 aliphatic carbocycles. The summed E-state index contributed by atoms with van der Waals surface area (Å²) >= 11 is 1.13. The first-order valence-electron chi connectivity index (χ1n) is 6.79. The lowest BCUT2D eigenvalue weighted by Gasteiger charge is -2.25. The first-order valence-corrected chi connectivity index (χ1v) is 7.78. The Kier molecular flexibility index (Phi) is 5.18. The third-order valence-electron chi connectivity index (χ3n) is 3.47. The van der Waals surface area contributed by atoms with E-state index in [1.807, 2.05) is 0 Å². The number of hydrogen-bond donors (Lipinski definition) is 1. The van der Waals surface area contributed by atoms with Gasteiger partial charge in [0.05, 0.1) is 0 Å². The molecule has 1 N–H and O–H groups in total. The minimum atomic E-state index is -1.20. The molecule has 0 saturated carbocycles. The zero-order chi connectivity index (χ0) is 16.3. The summed E-state index contributed by atoms with van der Waals surface area (Å²) in [6.07, 6.45) is 0.208. The van der Waals surface area contributed by atoms with Gasteiger partial charge in [-0.3, -0.25) is 9.59 Å². The number of halogens is 1. The minimum absolute atomic E-state index is 0.0363. The van der Waals surface area contributed by atoms with Gasteiger partial charge in [0.1, 0.15) is 5.82 Å². The van der Waals surface area contributed by atoms with Crippen molar-refractivity contribution in [1.29, 1.82) is 0 Å². The van der Waals surface area contributed by atoms with Crippen LogP contribution < -0.4 is 0 Å². The average molecular weight is 325 g/mol. The molecule has 1 heterocycles. The van der Waals surface area contributed by atoms with Crippen molar-refractivity contribution in [2.24, 2.45) is 5.92 Å². The molecule has 1 aliphatic rings. The first kappa shape index (κ1) is 16.5. The Morgan fingerprint density at radius 2 is 2.23 bits per heavy atom. The summed E-state index contributed by atoms with van der Waals surface area (Å²) in [6, 6.07) is 4.07. The third-order valence-corrected chi connectivity index (χ3v) is 4.52. The van der Waals surface area contributed by atoms with Crippen molar-refractivity contribution in [3.63, 3.8) is 0 Å². The van der Waals surface area contributed by atoms with Crippen molar-refractivity contribution in [1.82, 2.24) is 4.90 Å². The van der Waals surface area contributed by atoms with E-state index in [-0.39, 0.29) is 35.5 Å². The van der Waals surface area contributed by atoms with Gasteiger partial charge in [0.25, 0.3) is 0 Å². The maximum atomic E-state index is 13.3. The second kappa shape index (κ2) is 6.91. The predicted molar refractivity (Wildman–Crippen MR) is 79.7 cm³/mol. The minimum Gasteiger partial charge on any atom is -0.479 e. The Hall–Kier alpha value is -1.89. The molecule has 1 fully saturated rings. The summed E-state index contributed by atoms with van der Waals surface area (Å²) in [5.41, 5.74) is 0.237. The van der Waals surface area contributed by atoms with E-state index in [0.717, 1.165) is 17.8 Å². The normalized spacial score (nSPS) is 19.3. The zero-order valence-corrected chi connectivity index (χ0v) is 12.8. The van der Waals surface area contributed by atoms with Crippen LogP contribution in [0, 0.1) is 11.7 Å². The molecule has 22 heavy (non-hydrogen) atoms. The highest BCUT2D eigenvalue weighted by atomic mass is 32.2. The average Bonchev–Trinajstić information content (AvgIpc) is 2.78. The molecule has 1 aromatic rings. The van der Waals surface area contributed by atoms with Gasteiger partial charge in [-0.2, -0.15) is 0 Å². The molecule has 1 aliphatic heterocycles. The highest BCUT2D eigenvalue weighted by molar-refractivity contribution is 8.13. The molecule has 2 rings (SSSR count). The number of amides is 1. The number of carbonyl (C=O) groups is 3. The van der Waals surface area contributed by atoms with Crippen molar-refractivity contribution < 1.29 is 23.9 Å². The van der Waals surface area contributed by atoms with E-state index >= 15 is 0 Å². The Bertz CT molecular complexity index is 607. The Balaban J connectivity index is 2.17. The van der Waals surface area contributed by atoms with E-state index in [4.69, 9.17) is 0 Å². The van der Waals surface area contributed by atoms with Crippen LogP contribution in [0.5, 0.6) is 0 Å². The summed E-state index contributed by atoms with van der Waals surface area (Å²) in [4.78, 5) is 35.9. The number of rotatable bonds is 5. The number of carboxylic acid groups (broad SMARTS) is 1. The van der Waals surface area contributed by atoms with Crippen LogP contribution in [0.1, 0.15) is 24.9 Å².